The fourth-order valence-corrected chi connectivity index (χ4v) is 3.08. The van der Waals surface area contributed by atoms with Crippen LogP contribution >= 0.6 is 0 Å². The van der Waals surface area contributed by atoms with E-state index in [1.165, 1.54) is 17.7 Å². The first-order valence-electron chi connectivity index (χ1n) is 8.63. The number of nitrogens with zero attached hydrogens (tertiary/aromatic N) is 4. The molecule has 0 aliphatic rings. The van der Waals surface area contributed by atoms with Gasteiger partial charge in [0.1, 0.15) is 29.4 Å². The van der Waals surface area contributed by atoms with Crippen LogP contribution in [0.4, 0.5) is 8.78 Å². The third kappa shape index (κ3) is 3.86. The summed E-state index contributed by atoms with van der Waals surface area (Å²) in [5.41, 5.74) is 5.46. The molecule has 0 bridgehead atoms. The van der Waals surface area contributed by atoms with Gasteiger partial charge in [0.2, 0.25) is 0 Å². The van der Waals surface area contributed by atoms with Crippen LogP contribution in [0.15, 0.2) is 28.9 Å². The SMILES string of the molecule is CC(Cn1ccc(-c2cc(F)c(C#N)c(F)c2)n1)c1c(C(N)=O)noc1[C@@H](C)O. The van der Waals surface area contributed by atoms with E-state index in [0.717, 1.165) is 12.1 Å². The molecule has 1 amide bonds. The van der Waals surface area contributed by atoms with Crippen molar-refractivity contribution in [3.05, 3.63) is 58.6 Å². The summed E-state index contributed by atoms with van der Waals surface area (Å²) >= 11 is 0. The number of carbonyl (C=O) groups excluding carboxylic acids is 1. The lowest BCUT2D eigenvalue weighted by molar-refractivity contribution is 0.0989. The Morgan fingerprint density at radius 1 is 1.38 bits per heavy atom. The quantitative estimate of drug-likeness (QED) is 0.653. The highest BCUT2D eigenvalue weighted by Gasteiger charge is 2.27. The molecule has 0 saturated carbocycles. The molecule has 3 N–H and O–H groups in total. The molecular weight excluding hydrogens is 384 g/mol. The van der Waals surface area contributed by atoms with E-state index in [1.807, 2.05) is 0 Å². The van der Waals surface area contributed by atoms with Crippen LogP contribution in [0.2, 0.25) is 0 Å². The van der Waals surface area contributed by atoms with Gasteiger partial charge in [-0.3, -0.25) is 9.48 Å². The summed E-state index contributed by atoms with van der Waals surface area (Å²) in [6, 6.07) is 5.10. The predicted molar refractivity (Wildman–Crippen MR) is 96.4 cm³/mol. The van der Waals surface area contributed by atoms with Crippen LogP contribution in [0.25, 0.3) is 11.3 Å². The minimum absolute atomic E-state index is 0.0722. The van der Waals surface area contributed by atoms with Crippen molar-refractivity contribution in [2.45, 2.75) is 32.4 Å². The number of primary amides is 1. The molecule has 1 aromatic carbocycles. The van der Waals surface area contributed by atoms with Crippen molar-refractivity contribution in [1.29, 1.82) is 5.26 Å². The van der Waals surface area contributed by atoms with E-state index in [2.05, 4.69) is 10.3 Å². The van der Waals surface area contributed by atoms with Gasteiger partial charge in [0.15, 0.2) is 11.5 Å². The minimum atomic E-state index is -0.995. The van der Waals surface area contributed by atoms with Crippen molar-refractivity contribution in [1.82, 2.24) is 14.9 Å². The summed E-state index contributed by atoms with van der Waals surface area (Å²) in [7, 11) is 0. The van der Waals surface area contributed by atoms with E-state index in [4.69, 9.17) is 15.5 Å². The number of aliphatic hydroxyl groups excluding tert-OH is 1. The number of hydrogen-bond acceptors (Lipinski definition) is 6. The van der Waals surface area contributed by atoms with Crippen LogP contribution in [0, 0.1) is 23.0 Å². The summed E-state index contributed by atoms with van der Waals surface area (Å²) in [4.78, 5) is 11.6. The highest BCUT2D eigenvalue weighted by Crippen LogP contribution is 2.30. The van der Waals surface area contributed by atoms with Gasteiger partial charge in [0.25, 0.3) is 5.91 Å². The van der Waals surface area contributed by atoms with Gasteiger partial charge in [-0.05, 0) is 25.1 Å². The van der Waals surface area contributed by atoms with Crippen molar-refractivity contribution < 1.29 is 23.2 Å². The fourth-order valence-electron chi connectivity index (χ4n) is 3.08. The summed E-state index contributed by atoms with van der Waals surface area (Å²) in [5, 5.41) is 26.6. The summed E-state index contributed by atoms with van der Waals surface area (Å²) in [5.74, 6) is -2.96. The number of nitriles is 1. The predicted octanol–water partition coefficient (Wildman–Crippen LogP) is 2.64. The van der Waals surface area contributed by atoms with Crippen molar-refractivity contribution in [3.63, 3.8) is 0 Å². The van der Waals surface area contributed by atoms with E-state index in [1.54, 1.807) is 19.2 Å². The van der Waals surface area contributed by atoms with Crippen LogP contribution in [0.3, 0.4) is 0 Å². The average Bonchev–Trinajstić information content (AvgIpc) is 3.28. The molecular formula is C19H17F2N5O3. The minimum Gasteiger partial charge on any atom is -0.385 e. The monoisotopic (exact) mass is 401 g/mol. The molecule has 1 unspecified atom stereocenters. The van der Waals surface area contributed by atoms with Crippen molar-refractivity contribution in [2.24, 2.45) is 5.73 Å². The number of benzene rings is 1. The Labute approximate surface area is 164 Å². The molecule has 0 radical (unpaired) electrons. The summed E-state index contributed by atoms with van der Waals surface area (Å²) in [6.07, 6.45) is 0.602. The number of halogens is 2. The van der Waals surface area contributed by atoms with E-state index >= 15 is 0 Å². The number of amides is 1. The maximum absolute atomic E-state index is 13.9. The topological polar surface area (TPSA) is 131 Å². The Morgan fingerprint density at radius 2 is 2.03 bits per heavy atom. The van der Waals surface area contributed by atoms with Gasteiger partial charge in [-0.1, -0.05) is 12.1 Å². The fraction of sp³-hybridized carbons (Fsp3) is 0.263. The Bertz CT molecular complexity index is 1090. The van der Waals surface area contributed by atoms with Crippen molar-refractivity contribution in [3.8, 4) is 17.3 Å². The van der Waals surface area contributed by atoms with Crippen LogP contribution in [-0.2, 0) is 6.54 Å². The van der Waals surface area contributed by atoms with Crippen LogP contribution in [0.1, 0.15) is 53.2 Å². The summed E-state index contributed by atoms with van der Waals surface area (Å²) < 4.78 is 34.3. The molecule has 8 nitrogen and oxygen atoms in total. The van der Waals surface area contributed by atoms with Crippen molar-refractivity contribution >= 4 is 5.91 Å². The van der Waals surface area contributed by atoms with Crippen molar-refractivity contribution in [2.75, 3.05) is 0 Å². The lowest BCUT2D eigenvalue weighted by Crippen LogP contribution is -2.17. The first kappa shape index (κ1) is 20.2. The van der Waals surface area contributed by atoms with Gasteiger partial charge in [0.05, 0.1) is 5.69 Å². The molecule has 2 heterocycles. The van der Waals surface area contributed by atoms with Crippen LogP contribution in [-0.4, -0.2) is 26.0 Å². The number of aliphatic hydroxyl groups is 1. The zero-order valence-electron chi connectivity index (χ0n) is 15.6. The first-order chi connectivity index (χ1) is 13.7. The molecule has 0 spiro atoms. The first-order valence-corrected chi connectivity index (χ1v) is 8.63. The maximum atomic E-state index is 13.9. The molecule has 0 aliphatic carbocycles. The molecule has 10 heteroatoms. The van der Waals surface area contributed by atoms with Crippen LogP contribution < -0.4 is 5.73 Å². The Balaban J connectivity index is 1.89. The number of hydrogen-bond donors (Lipinski definition) is 2. The second kappa shape index (κ2) is 7.81. The normalized spacial score (nSPS) is 13.1. The molecule has 150 valence electrons. The van der Waals surface area contributed by atoms with E-state index < -0.39 is 29.2 Å². The Kier molecular flexibility index (Phi) is 5.43. The van der Waals surface area contributed by atoms with Gasteiger partial charge in [-0.25, -0.2) is 8.78 Å². The van der Waals surface area contributed by atoms with E-state index in [-0.39, 0.29) is 29.5 Å². The number of rotatable bonds is 6. The standard InChI is InChI=1S/C19H17F2N5O3/c1-9(16-17(19(23)28)25-29-18(16)10(2)27)8-26-4-3-15(24-26)11-5-13(20)12(7-22)14(21)6-11/h3-6,9-10,27H,8H2,1-2H3,(H2,23,28)/t9?,10-/m1/s1. The maximum Gasteiger partial charge on any atom is 0.271 e. The van der Waals surface area contributed by atoms with Gasteiger partial charge >= 0.3 is 0 Å². The largest absolute Gasteiger partial charge is 0.385 e. The lowest BCUT2D eigenvalue weighted by Gasteiger charge is -2.13. The Hall–Kier alpha value is -3.58. The highest BCUT2D eigenvalue weighted by molar-refractivity contribution is 5.92. The van der Waals surface area contributed by atoms with Crippen LogP contribution in [0.5, 0.6) is 0 Å². The molecule has 0 saturated heterocycles. The average molecular weight is 401 g/mol. The molecule has 2 atom stereocenters. The molecule has 0 aliphatic heterocycles. The van der Waals surface area contributed by atoms with E-state index in [0.29, 0.717) is 11.3 Å². The van der Waals surface area contributed by atoms with E-state index in [9.17, 15) is 18.7 Å². The second-order valence-corrected chi connectivity index (χ2v) is 6.60. The van der Waals surface area contributed by atoms with Gasteiger partial charge in [-0.15, -0.1) is 0 Å². The second-order valence-electron chi connectivity index (χ2n) is 6.60. The lowest BCUT2D eigenvalue weighted by atomic mass is 9.96. The highest BCUT2D eigenvalue weighted by atomic mass is 19.1. The molecule has 0 fully saturated rings. The van der Waals surface area contributed by atoms with Gasteiger partial charge in [-0.2, -0.15) is 10.4 Å². The smallest absolute Gasteiger partial charge is 0.271 e. The number of carbonyl (C=O) groups is 1. The van der Waals surface area contributed by atoms with Gasteiger partial charge in [0, 0.05) is 29.8 Å². The molecule has 3 rings (SSSR count). The zero-order chi connectivity index (χ0) is 21.3. The zero-order valence-corrected chi connectivity index (χ0v) is 15.6. The summed E-state index contributed by atoms with van der Waals surface area (Å²) in [6.45, 7) is 3.50. The molecule has 2 aromatic heterocycles. The number of nitrogens with two attached hydrogens (primary N) is 1. The number of aromatic nitrogens is 3. The third-order valence-corrected chi connectivity index (χ3v) is 4.41. The molecule has 29 heavy (non-hydrogen) atoms. The van der Waals surface area contributed by atoms with Gasteiger partial charge < -0.3 is 15.4 Å². The Morgan fingerprint density at radius 3 is 2.59 bits per heavy atom. The third-order valence-electron chi connectivity index (χ3n) is 4.41. The molecule has 3 aromatic rings.